The normalized spacial score (nSPS) is 14.2. The van der Waals surface area contributed by atoms with Crippen LogP contribution in [-0.2, 0) is 0 Å². The van der Waals surface area contributed by atoms with E-state index in [0.29, 0.717) is 49.8 Å². The number of halogens is 1. The van der Waals surface area contributed by atoms with Crippen molar-refractivity contribution in [2.45, 2.75) is 20.3 Å². The highest BCUT2D eigenvalue weighted by Crippen LogP contribution is 2.18. The molecule has 2 aromatic rings. The molecule has 3 heterocycles. The number of amides is 2. The van der Waals surface area contributed by atoms with Gasteiger partial charge in [0.05, 0.1) is 11.1 Å². The number of rotatable bonds is 6. The van der Waals surface area contributed by atoms with Gasteiger partial charge in [-0.05, 0) is 36.6 Å². The Morgan fingerprint density at radius 2 is 1.90 bits per heavy atom. The van der Waals surface area contributed by atoms with Crippen molar-refractivity contribution in [1.82, 2.24) is 20.2 Å². The molecule has 0 radical (unpaired) electrons. The molecule has 1 N–H and O–H groups in total. The minimum Gasteiger partial charge on any atom is -0.353 e. The second kappa shape index (κ2) is 9.69. The van der Waals surface area contributed by atoms with Crippen molar-refractivity contribution in [2.75, 3.05) is 37.6 Å². The van der Waals surface area contributed by atoms with Crippen molar-refractivity contribution < 1.29 is 9.59 Å². The third kappa shape index (κ3) is 5.44. The summed E-state index contributed by atoms with van der Waals surface area (Å²) in [6.07, 6.45) is 4.12. The zero-order valence-electron chi connectivity index (χ0n) is 16.8. The van der Waals surface area contributed by atoms with Gasteiger partial charge in [0, 0.05) is 45.1 Å². The van der Waals surface area contributed by atoms with E-state index in [4.69, 9.17) is 11.6 Å². The molecule has 0 bridgehead atoms. The number of nitrogens with one attached hydrogen (secondary N) is 1. The SMILES string of the molecule is CC(C)CCNC(=O)c1ccc(N2CCN(C(=O)c3cccnc3Cl)CC2)nc1. The van der Waals surface area contributed by atoms with Crippen molar-refractivity contribution in [1.29, 1.82) is 0 Å². The van der Waals surface area contributed by atoms with Crippen molar-refractivity contribution in [3.05, 3.63) is 52.9 Å². The van der Waals surface area contributed by atoms with Crippen molar-refractivity contribution in [3.8, 4) is 0 Å². The van der Waals surface area contributed by atoms with Gasteiger partial charge in [0.25, 0.3) is 11.8 Å². The second-order valence-electron chi connectivity index (χ2n) is 7.46. The molecule has 0 saturated carbocycles. The first-order valence-corrected chi connectivity index (χ1v) is 10.2. The highest BCUT2D eigenvalue weighted by Gasteiger charge is 2.24. The van der Waals surface area contributed by atoms with Crippen molar-refractivity contribution in [3.63, 3.8) is 0 Å². The van der Waals surface area contributed by atoms with Crippen molar-refractivity contribution in [2.24, 2.45) is 5.92 Å². The molecule has 7 nitrogen and oxygen atoms in total. The van der Waals surface area contributed by atoms with Gasteiger partial charge in [0.1, 0.15) is 11.0 Å². The summed E-state index contributed by atoms with van der Waals surface area (Å²) in [5.74, 6) is 1.14. The molecule has 2 amide bonds. The summed E-state index contributed by atoms with van der Waals surface area (Å²) in [4.78, 5) is 37.1. The van der Waals surface area contributed by atoms with Crippen LogP contribution in [0.25, 0.3) is 0 Å². The zero-order valence-corrected chi connectivity index (χ0v) is 17.5. The summed E-state index contributed by atoms with van der Waals surface area (Å²) in [6.45, 7) is 7.39. The second-order valence-corrected chi connectivity index (χ2v) is 7.82. The van der Waals surface area contributed by atoms with E-state index in [1.807, 2.05) is 6.07 Å². The van der Waals surface area contributed by atoms with Crippen LogP contribution in [0.2, 0.25) is 5.15 Å². The van der Waals surface area contributed by atoms with Crippen LogP contribution in [0.15, 0.2) is 36.7 Å². The lowest BCUT2D eigenvalue weighted by molar-refractivity contribution is 0.0746. The van der Waals surface area contributed by atoms with Gasteiger partial charge in [-0.1, -0.05) is 25.4 Å². The quantitative estimate of drug-likeness (QED) is 0.734. The molecule has 0 aromatic carbocycles. The van der Waals surface area contributed by atoms with Crippen LogP contribution in [-0.4, -0.2) is 59.4 Å². The molecule has 1 fully saturated rings. The number of hydrogen-bond acceptors (Lipinski definition) is 5. The predicted molar refractivity (Wildman–Crippen MR) is 113 cm³/mol. The third-order valence-electron chi connectivity index (χ3n) is 4.90. The number of aromatic nitrogens is 2. The zero-order chi connectivity index (χ0) is 20.8. The monoisotopic (exact) mass is 415 g/mol. The van der Waals surface area contributed by atoms with Crippen LogP contribution in [0.3, 0.4) is 0 Å². The first-order chi connectivity index (χ1) is 14.0. The Kier molecular flexibility index (Phi) is 7.04. The largest absolute Gasteiger partial charge is 0.353 e. The number of pyridine rings is 2. The Balaban J connectivity index is 1.54. The van der Waals surface area contributed by atoms with E-state index >= 15 is 0 Å². The minimum atomic E-state index is -0.107. The van der Waals surface area contributed by atoms with Crippen LogP contribution in [0.1, 0.15) is 41.0 Å². The van der Waals surface area contributed by atoms with Gasteiger partial charge in [-0.25, -0.2) is 9.97 Å². The number of anilines is 1. The summed E-state index contributed by atoms with van der Waals surface area (Å²) in [5, 5.41) is 3.14. The molecule has 1 saturated heterocycles. The molecule has 0 spiro atoms. The van der Waals surface area contributed by atoms with Gasteiger partial charge < -0.3 is 15.1 Å². The standard InChI is InChI=1S/C21H26ClN5O2/c1-15(2)7-9-24-20(28)16-5-6-18(25-14-16)26-10-12-27(13-11-26)21(29)17-4-3-8-23-19(17)22/h3-6,8,14-15H,7,9-13H2,1-2H3,(H,24,28). The van der Waals surface area contributed by atoms with Gasteiger partial charge in [-0.3, -0.25) is 9.59 Å². The third-order valence-corrected chi connectivity index (χ3v) is 5.20. The number of hydrogen-bond donors (Lipinski definition) is 1. The van der Waals surface area contributed by atoms with E-state index in [0.717, 1.165) is 12.2 Å². The van der Waals surface area contributed by atoms with E-state index in [-0.39, 0.29) is 17.0 Å². The van der Waals surface area contributed by atoms with Crippen LogP contribution in [0.5, 0.6) is 0 Å². The Labute approximate surface area is 176 Å². The van der Waals surface area contributed by atoms with Gasteiger partial charge in [0.2, 0.25) is 0 Å². The minimum absolute atomic E-state index is 0.103. The Bertz CT molecular complexity index is 848. The van der Waals surface area contributed by atoms with Crippen LogP contribution >= 0.6 is 11.6 Å². The topological polar surface area (TPSA) is 78.4 Å². The Morgan fingerprint density at radius 3 is 2.52 bits per heavy atom. The molecule has 1 aliphatic heterocycles. The maximum absolute atomic E-state index is 12.6. The van der Waals surface area contributed by atoms with Crippen LogP contribution < -0.4 is 10.2 Å². The molecular weight excluding hydrogens is 390 g/mol. The fourth-order valence-corrected chi connectivity index (χ4v) is 3.34. The molecule has 3 rings (SSSR count). The summed E-state index contributed by atoms with van der Waals surface area (Å²) >= 11 is 6.04. The van der Waals surface area contributed by atoms with Crippen LogP contribution in [0, 0.1) is 5.92 Å². The molecule has 0 unspecified atom stereocenters. The molecule has 2 aromatic heterocycles. The fourth-order valence-electron chi connectivity index (χ4n) is 3.14. The van der Waals surface area contributed by atoms with Gasteiger partial charge >= 0.3 is 0 Å². The maximum atomic E-state index is 12.6. The predicted octanol–water partition coefficient (Wildman–Crippen LogP) is 2.87. The maximum Gasteiger partial charge on any atom is 0.257 e. The lowest BCUT2D eigenvalue weighted by Gasteiger charge is -2.35. The van der Waals surface area contributed by atoms with Gasteiger partial charge in [-0.15, -0.1) is 0 Å². The number of carbonyl (C=O) groups excluding carboxylic acids is 2. The summed E-state index contributed by atoms with van der Waals surface area (Å²) < 4.78 is 0. The average Bonchev–Trinajstić information content (AvgIpc) is 2.73. The van der Waals surface area contributed by atoms with E-state index in [1.165, 1.54) is 0 Å². The van der Waals surface area contributed by atoms with Gasteiger partial charge in [0.15, 0.2) is 0 Å². The molecule has 8 heteroatoms. The van der Waals surface area contributed by atoms with E-state index in [2.05, 4.69) is 34.0 Å². The molecular formula is C21H26ClN5O2. The number of nitrogens with zero attached hydrogens (tertiary/aromatic N) is 4. The smallest absolute Gasteiger partial charge is 0.257 e. The number of piperazine rings is 1. The van der Waals surface area contributed by atoms with E-state index < -0.39 is 0 Å². The first kappa shape index (κ1) is 21.0. The summed E-state index contributed by atoms with van der Waals surface area (Å²) in [6, 6.07) is 7.04. The summed E-state index contributed by atoms with van der Waals surface area (Å²) in [5.41, 5.74) is 0.978. The van der Waals surface area contributed by atoms with Crippen molar-refractivity contribution >= 4 is 29.2 Å². The van der Waals surface area contributed by atoms with Gasteiger partial charge in [-0.2, -0.15) is 0 Å². The lowest BCUT2D eigenvalue weighted by atomic mass is 10.1. The number of carbonyl (C=O) groups is 2. The Morgan fingerprint density at radius 1 is 1.14 bits per heavy atom. The molecule has 0 aliphatic carbocycles. The van der Waals surface area contributed by atoms with Crippen LogP contribution in [0.4, 0.5) is 5.82 Å². The lowest BCUT2D eigenvalue weighted by Crippen LogP contribution is -2.49. The first-order valence-electron chi connectivity index (χ1n) is 9.84. The Hall–Kier alpha value is -2.67. The summed E-state index contributed by atoms with van der Waals surface area (Å²) in [7, 11) is 0. The highest BCUT2D eigenvalue weighted by molar-refractivity contribution is 6.32. The molecule has 0 atom stereocenters. The highest BCUT2D eigenvalue weighted by atomic mass is 35.5. The molecule has 29 heavy (non-hydrogen) atoms. The van der Waals surface area contributed by atoms with E-state index in [1.54, 1.807) is 35.5 Å². The molecule has 154 valence electrons. The fraction of sp³-hybridized carbons (Fsp3) is 0.429. The molecule has 1 aliphatic rings. The average molecular weight is 416 g/mol. The van der Waals surface area contributed by atoms with E-state index in [9.17, 15) is 9.59 Å².